The minimum absolute atomic E-state index is 0.315. The second-order valence-electron chi connectivity index (χ2n) is 5.39. The Hall–Kier alpha value is -1.68. The summed E-state index contributed by atoms with van der Waals surface area (Å²) in [6.07, 6.45) is 0.640. The van der Waals surface area contributed by atoms with Gasteiger partial charge in [-0.25, -0.2) is 9.97 Å². The molecule has 2 N–H and O–H groups in total. The second kappa shape index (κ2) is 4.53. The van der Waals surface area contributed by atoms with Crippen LogP contribution in [0.25, 0.3) is 11.5 Å². The molecule has 0 radical (unpaired) electrons. The summed E-state index contributed by atoms with van der Waals surface area (Å²) in [5.41, 5.74) is 7.43. The maximum absolute atomic E-state index is 6.01. The van der Waals surface area contributed by atoms with Crippen LogP contribution in [0.5, 0.6) is 0 Å². The largest absolute Gasteiger partial charge is 0.460 e. The summed E-state index contributed by atoms with van der Waals surface area (Å²) < 4.78 is 5.59. The number of nitrogens with two attached hydrogens (primary N) is 1. The van der Waals surface area contributed by atoms with E-state index in [2.05, 4.69) is 9.97 Å². The quantitative estimate of drug-likeness (QED) is 0.902. The van der Waals surface area contributed by atoms with E-state index in [-0.39, 0.29) is 5.54 Å². The van der Waals surface area contributed by atoms with Crippen molar-refractivity contribution in [1.82, 2.24) is 9.97 Å². The van der Waals surface area contributed by atoms with Crippen LogP contribution in [0.15, 0.2) is 22.6 Å². The molecule has 0 spiro atoms. The predicted molar refractivity (Wildman–Crippen MR) is 71.2 cm³/mol. The van der Waals surface area contributed by atoms with Crippen LogP contribution in [0.1, 0.15) is 31.1 Å². The monoisotopic (exact) mass is 245 g/mol. The zero-order valence-electron chi connectivity index (χ0n) is 11.3. The zero-order chi connectivity index (χ0) is 13.3. The summed E-state index contributed by atoms with van der Waals surface area (Å²) >= 11 is 0. The van der Waals surface area contributed by atoms with Gasteiger partial charge in [0.05, 0.1) is 0 Å². The summed E-state index contributed by atoms with van der Waals surface area (Å²) in [6.45, 7) is 7.81. The lowest BCUT2D eigenvalue weighted by Gasteiger charge is -2.17. The highest BCUT2D eigenvalue weighted by molar-refractivity contribution is 5.52. The molecule has 0 saturated heterocycles. The van der Waals surface area contributed by atoms with Gasteiger partial charge in [-0.2, -0.15) is 0 Å². The fourth-order valence-corrected chi connectivity index (χ4v) is 1.82. The van der Waals surface area contributed by atoms with E-state index >= 15 is 0 Å². The smallest absolute Gasteiger partial charge is 0.152 e. The maximum Gasteiger partial charge on any atom is 0.152 e. The first kappa shape index (κ1) is 12.8. The highest BCUT2D eigenvalue weighted by Gasteiger charge is 2.15. The predicted octanol–water partition coefficient (Wildman–Crippen LogP) is 2.63. The molecule has 2 aromatic heterocycles. The minimum Gasteiger partial charge on any atom is -0.460 e. The van der Waals surface area contributed by atoms with Gasteiger partial charge in [0.15, 0.2) is 5.76 Å². The standard InChI is InChI=1S/C14H19N3O/c1-9-7-11(12-6-5-10(2)18-12)17-13(16-9)8-14(3,4)15/h5-7H,8,15H2,1-4H3. The zero-order valence-corrected chi connectivity index (χ0v) is 11.3. The number of aromatic nitrogens is 2. The van der Waals surface area contributed by atoms with Crippen LogP contribution in [-0.4, -0.2) is 15.5 Å². The van der Waals surface area contributed by atoms with E-state index in [0.29, 0.717) is 6.42 Å². The lowest BCUT2D eigenvalue weighted by atomic mass is 10.0. The third kappa shape index (κ3) is 3.17. The van der Waals surface area contributed by atoms with E-state index in [1.165, 1.54) is 0 Å². The summed E-state index contributed by atoms with van der Waals surface area (Å²) in [4.78, 5) is 8.94. The molecule has 18 heavy (non-hydrogen) atoms. The number of nitrogens with zero attached hydrogens (tertiary/aromatic N) is 2. The van der Waals surface area contributed by atoms with Crippen LogP contribution in [0.2, 0.25) is 0 Å². The first-order chi connectivity index (χ1) is 8.33. The van der Waals surface area contributed by atoms with Crippen molar-refractivity contribution in [3.05, 3.63) is 35.5 Å². The maximum atomic E-state index is 6.01. The summed E-state index contributed by atoms with van der Waals surface area (Å²) in [7, 11) is 0. The third-order valence-corrected chi connectivity index (χ3v) is 2.51. The van der Waals surface area contributed by atoms with E-state index in [0.717, 1.165) is 28.7 Å². The Morgan fingerprint density at radius 3 is 2.50 bits per heavy atom. The molecule has 2 aromatic rings. The topological polar surface area (TPSA) is 64.9 Å². The van der Waals surface area contributed by atoms with Crippen molar-refractivity contribution < 1.29 is 4.42 Å². The Bertz CT molecular complexity index is 552. The van der Waals surface area contributed by atoms with Gasteiger partial charge in [0.25, 0.3) is 0 Å². The van der Waals surface area contributed by atoms with Crippen molar-refractivity contribution in [2.45, 2.75) is 39.7 Å². The van der Waals surface area contributed by atoms with E-state index in [4.69, 9.17) is 10.2 Å². The third-order valence-electron chi connectivity index (χ3n) is 2.51. The molecule has 0 aliphatic carbocycles. The Morgan fingerprint density at radius 1 is 1.22 bits per heavy atom. The lowest BCUT2D eigenvalue weighted by molar-refractivity contribution is 0.500. The average Bonchev–Trinajstić information content (AvgIpc) is 2.61. The summed E-state index contributed by atoms with van der Waals surface area (Å²) in [5.74, 6) is 2.41. The van der Waals surface area contributed by atoms with Gasteiger partial charge in [0.1, 0.15) is 17.3 Å². The van der Waals surface area contributed by atoms with Crippen LogP contribution < -0.4 is 5.73 Å². The van der Waals surface area contributed by atoms with Crippen LogP contribution >= 0.6 is 0 Å². The molecular formula is C14H19N3O. The highest BCUT2D eigenvalue weighted by atomic mass is 16.3. The summed E-state index contributed by atoms with van der Waals surface area (Å²) in [6, 6.07) is 5.78. The average molecular weight is 245 g/mol. The molecule has 0 saturated carbocycles. The molecule has 0 amide bonds. The highest BCUT2D eigenvalue weighted by Crippen LogP contribution is 2.21. The van der Waals surface area contributed by atoms with E-state index in [9.17, 15) is 0 Å². The van der Waals surface area contributed by atoms with E-state index in [1.54, 1.807) is 0 Å². The Morgan fingerprint density at radius 2 is 1.94 bits per heavy atom. The number of rotatable bonds is 3. The molecule has 0 aliphatic rings. The molecule has 4 heteroatoms. The Labute approximate surface area is 107 Å². The van der Waals surface area contributed by atoms with Gasteiger partial charge in [0.2, 0.25) is 0 Å². The molecule has 0 aromatic carbocycles. The first-order valence-corrected chi connectivity index (χ1v) is 6.04. The van der Waals surface area contributed by atoms with Gasteiger partial charge in [-0.05, 0) is 45.9 Å². The first-order valence-electron chi connectivity index (χ1n) is 6.04. The van der Waals surface area contributed by atoms with Gasteiger partial charge in [-0.1, -0.05) is 0 Å². The fraction of sp³-hybridized carbons (Fsp3) is 0.429. The molecular weight excluding hydrogens is 226 g/mol. The van der Waals surface area contributed by atoms with Crippen molar-refractivity contribution in [3.63, 3.8) is 0 Å². The molecule has 0 unspecified atom stereocenters. The van der Waals surface area contributed by atoms with Crippen LogP contribution in [0.4, 0.5) is 0 Å². The molecule has 0 bridgehead atoms. The molecule has 0 atom stereocenters. The SMILES string of the molecule is Cc1cc(-c2ccc(C)o2)nc(CC(C)(C)N)n1. The molecule has 2 rings (SSSR count). The fourth-order valence-electron chi connectivity index (χ4n) is 1.82. The van der Waals surface area contributed by atoms with E-state index < -0.39 is 0 Å². The number of hydrogen-bond donors (Lipinski definition) is 1. The lowest BCUT2D eigenvalue weighted by Crippen LogP contribution is -2.35. The van der Waals surface area contributed by atoms with Gasteiger partial charge >= 0.3 is 0 Å². The van der Waals surface area contributed by atoms with Gasteiger partial charge in [0, 0.05) is 17.7 Å². The Kier molecular flexibility index (Phi) is 3.22. The van der Waals surface area contributed by atoms with Crippen molar-refractivity contribution in [1.29, 1.82) is 0 Å². The van der Waals surface area contributed by atoms with Crippen molar-refractivity contribution in [3.8, 4) is 11.5 Å². The van der Waals surface area contributed by atoms with Crippen LogP contribution in [0, 0.1) is 13.8 Å². The van der Waals surface area contributed by atoms with Gasteiger partial charge in [-0.3, -0.25) is 0 Å². The Balaban J connectivity index is 2.38. The molecule has 0 aliphatic heterocycles. The molecule has 96 valence electrons. The minimum atomic E-state index is -0.315. The molecule has 2 heterocycles. The second-order valence-corrected chi connectivity index (χ2v) is 5.39. The molecule has 0 fully saturated rings. The van der Waals surface area contributed by atoms with Gasteiger partial charge < -0.3 is 10.2 Å². The van der Waals surface area contributed by atoms with E-state index in [1.807, 2.05) is 45.9 Å². The van der Waals surface area contributed by atoms with Crippen molar-refractivity contribution in [2.24, 2.45) is 5.73 Å². The molecule has 4 nitrogen and oxygen atoms in total. The van der Waals surface area contributed by atoms with Crippen LogP contribution in [-0.2, 0) is 6.42 Å². The number of hydrogen-bond acceptors (Lipinski definition) is 4. The normalized spacial score (nSPS) is 11.8. The van der Waals surface area contributed by atoms with Crippen LogP contribution in [0.3, 0.4) is 0 Å². The van der Waals surface area contributed by atoms with Gasteiger partial charge in [-0.15, -0.1) is 0 Å². The number of aryl methyl sites for hydroxylation is 2. The van der Waals surface area contributed by atoms with Crippen molar-refractivity contribution >= 4 is 0 Å². The van der Waals surface area contributed by atoms with Crippen molar-refractivity contribution in [2.75, 3.05) is 0 Å². The number of furan rings is 1. The summed E-state index contributed by atoms with van der Waals surface area (Å²) in [5, 5.41) is 0.